The molecule has 0 unspecified atom stereocenters. The molecule has 4 heteroatoms. The van der Waals surface area contributed by atoms with Crippen LogP contribution < -0.4 is 5.32 Å². The fourth-order valence-corrected chi connectivity index (χ4v) is 2.63. The maximum atomic E-state index is 5.92. The van der Waals surface area contributed by atoms with Gasteiger partial charge >= 0.3 is 0 Å². The molecule has 2 rings (SSSR count). The first-order chi connectivity index (χ1) is 8.19. The van der Waals surface area contributed by atoms with Crippen molar-refractivity contribution in [2.75, 3.05) is 5.32 Å². The van der Waals surface area contributed by atoms with Gasteiger partial charge in [0.15, 0.2) is 0 Å². The Hall–Kier alpha value is -1.06. The summed E-state index contributed by atoms with van der Waals surface area (Å²) in [4.78, 5) is 5.60. The zero-order valence-electron chi connectivity index (χ0n) is 9.96. The van der Waals surface area contributed by atoms with Crippen molar-refractivity contribution in [1.82, 2.24) is 4.98 Å². The Bertz CT molecular complexity index is 508. The van der Waals surface area contributed by atoms with Crippen LogP contribution in [0.3, 0.4) is 0 Å². The molecule has 0 aliphatic rings. The van der Waals surface area contributed by atoms with Gasteiger partial charge in [0.2, 0.25) is 0 Å². The van der Waals surface area contributed by atoms with E-state index < -0.39 is 0 Å². The van der Waals surface area contributed by atoms with Gasteiger partial charge in [-0.1, -0.05) is 18.5 Å². The number of rotatable bonds is 4. The second-order valence-electron chi connectivity index (χ2n) is 3.89. The van der Waals surface area contributed by atoms with E-state index in [-0.39, 0.29) is 0 Å². The summed E-state index contributed by atoms with van der Waals surface area (Å²) in [5, 5.41) is 5.37. The second kappa shape index (κ2) is 5.52. The Morgan fingerprint density at radius 1 is 1.41 bits per heavy atom. The quantitative estimate of drug-likeness (QED) is 0.893. The highest BCUT2D eigenvalue weighted by atomic mass is 35.5. The lowest BCUT2D eigenvalue weighted by Crippen LogP contribution is -1.99. The number of nitrogens with one attached hydrogen (secondary N) is 1. The van der Waals surface area contributed by atoms with Crippen LogP contribution in [0.1, 0.15) is 22.4 Å². The first kappa shape index (κ1) is 12.4. The predicted molar refractivity (Wildman–Crippen MR) is 75.0 cm³/mol. The Morgan fingerprint density at radius 2 is 2.24 bits per heavy atom. The lowest BCUT2D eigenvalue weighted by molar-refractivity contribution is 1.09. The van der Waals surface area contributed by atoms with Crippen LogP contribution in [0, 0.1) is 6.92 Å². The van der Waals surface area contributed by atoms with Crippen LogP contribution in [-0.4, -0.2) is 4.98 Å². The van der Waals surface area contributed by atoms with Crippen molar-refractivity contribution in [2.24, 2.45) is 0 Å². The third-order valence-corrected chi connectivity index (χ3v) is 3.92. The van der Waals surface area contributed by atoms with E-state index in [0.29, 0.717) is 0 Å². The van der Waals surface area contributed by atoms with Crippen LogP contribution in [0.4, 0.5) is 5.69 Å². The SMILES string of the molecule is CCc1ncc(CNc2ccc(Cl)cc2C)s1. The fourth-order valence-electron chi connectivity index (χ4n) is 1.60. The highest BCUT2D eigenvalue weighted by molar-refractivity contribution is 7.11. The normalized spacial score (nSPS) is 10.5. The highest BCUT2D eigenvalue weighted by Gasteiger charge is 2.02. The maximum absolute atomic E-state index is 5.92. The highest BCUT2D eigenvalue weighted by Crippen LogP contribution is 2.21. The van der Waals surface area contributed by atoms with Gasteiger partial charge in [-0.3, -0.25) is 0 Å². The van der Waals surface area contributed by atoms with Crippen LogP contribution in [0.15, 0.2) is 24.4 Å². The van der Waals surface area contributed by atoms with E-state index in [0.717, 1.165) is 29.2 Å². The molecule has 0 radical (unpaired) electrons. The number of halogens is 1. The van der Waals surface area contributed by atoms with Gasteiger partial charge in [0.25, 0.3) is 0 Å². The van der Waals surface area contributed by atoms with Crippen molar-refractivity contribution in [3.05, 3.63) is 44.9 Å². The van der Waals surface area contributed by atoms with Crippen molar-refractivity contribution in [3.8, 4) is 0 Å². The van der Waals surface area contributed by atoms with Crippen LogP contribution in [0.5, 0.6) is 0 Å². The number of aryl methyl sites for hydroxylation is 2. The molecule has 1 aromatic heterocycles. The molecule has 90 valence electrons. The number of thiazole rings is 1. The molecule has 0 aliphatic heterocycles. The van der Waals surface area contributed by atoms with Gasteiger partial charge in [0.1, 0.15) is 0 Å². The molecule has 0 spiro atoms. The molecule has 0 atom stereocenters. The molecule has 0 amide bonds. The summed E-state index contributed by atoms with van der Waals surface area (Å²) in [5.41, 5.74) is 2.29. The molecule has 2 aromatic rings. The van der Waals surface area contributed by atoms with E-state index in [4.69, 9.17) is 11.6 Å². The Labute approximate surface area is 111 Å². The minimum atomic E-state index is 0.777. The number of anilines is 1. The summed E-state index contributed by atoms with van der Waals surface area (Å²) < 4.78 is 0. The van der Waals surface area contributed by atoms with E-state index in [1.165, 1.54) is 9.88 Å². The first-order valence-electron chi connectivity index (χ1n) is 5.62. The molecule has 17 heavy (non-hydrogen) atoms. The Morgan fingerprint density at radius 3 is 2.88 bits per heavy atom. The molecule has 1 heterocycles. The van der Waals surface area contributed by atoms with Gasteiger partial charge in [0.05, 0.1) is 11.6 Å². The van der Waals surface area contributed by atoms with Gasteiger partial charge in [-0.2, -0.15) is 0 Å². The minimum absolute atomic E-state index is 0.777. The Balaban J connectivity index is 2.02. The van der Waals surface area contributed by atoms with Gasteiger partial charge in [-0.05, 0) is 37.1 Å². The van der Waals surface area contributed by atoms with Crippen molar-refractivity contribution >= 4 is 28.6 Å². The second-order valence-corrected chi connectivity index (χ2v) is 5.52. The smallest absolute Gasteiger partial charge is 0.0925 e. The Kier molecular flexibility index (Phi) is 4.02. The summed E-state index contributed by atoms with van der Waals surface area (Å²) >= 11 is 7.68. The van der Waals surface area contributed by atoms with Gasteiger partial charge in [0, 0.05) is 21.8 Å². The molecule has 0 aliphatic carbocycles. The molecular weight excluding hydrogens is 252 g/mol. The van der Waals surface area contributed by atoms with Crippen LogP contribution in [0.2, 0.25) is 5.02 Å². The largest absolute Gasteiger partial charge is 0.380 e. The van der Waals surface area contributed by atoms with Crippen molar-refractivity contribution in [2.45, 2.75) is 26.8 Å². The van der Waals surface area contributed by atoms with Crippen LogP contribution in [0.25, 0.3) is 0 Å². The molecular formula is C13H15ClN2S. The van der Waals surface area contributed by atoms with Gasteiger partial charge in [-0.15, -0.1) is 11.3 Å². The minimum Gasteiger partial charge on any atom is -0.380 e. The molecule has 0 saturated carbocycles. The lowest BCUT2D eigenvalue weighted by Gasteiger charge is -2.08. The number of hydrogen-bond donors (Lipinski definition) is 1. The number of aromatic nitrogens is 1. The molecule has 0 saturated heterocycles. The van der Waals surface area contributed by atoms with E-state index in [2.05, 4.69) is 24.1 Å². The summed E-state index contributed by atoms with van der Waals surface area (Å²) in [7, 11) is 0. The summed E-state index contributed by atoms with van der Waals surface area (Å²) in [6.45, 7) is 5.00. The standard InChI is InChI=1S/C13H15ClN2S/c1-3-13-16-8-11(17-13)7-15-12-5-4-10(14)6-9(12)2/h4-6,8,15H,3,7H2,1-2H3. The number of nitrogens with zero attached hydrogens (tertiary/aromatic N) is 1. The van der Waals surface area contributed by atoms with E-state index in [1.54, 1.807) is 11.3 Å². The molecule has 0 fully saturated rings. The monoisotopic (exact) mass is 266 g/mol. The van der Waals surface area contributed by atoms with Gasteiger partial charge < -0.3 is 5.32 Å². The third kappa shape index (κ3) is 3.20. The lowest BCUT2D eigenvalue weighted by atomic mass is 10.2. The zero-order valence-corrected chi connectivity index (χ0v) is 11.5. The summed E-state index contributed by atoms with van der Waals surface area (Å²) in [6.07, 6.45) is 2.95. The topological polar surface area (TPSA) is 24.9 Å². The first-order valence-corrected chi connectivity index (χ1v) is 6.82. The number of benzene rings is 1. The van der Waals surface area contributed by atoms with Crippen molar-refractivity contribution in [3.63, 3.8) is 0 Å². The predicted octanol–water partition coefficient (Wildman–Crippen LogP) is 4.28. The van der Waals surface area contributed by atoms with Crippen LogP contribution >= 0.6 is 22.9 Å². The van der Waals surface area contributed by atoms with E-state index in [9.17, 15) is 0 Å². The third-order valence-electron chi connectivity index (χ3n) is 2.55. The molecule has 0 bridgehead atoms. The zero-order chi connectivity index (χ0) is 12.3. The maximum Gasteiger partial charge on any atom is 0.0925 e. The van der Waals surface area contributed by atoms with Gasteiger partial charge in [-0.25, -0.2) is 4.98 Å². The summed E-state index contributed by atoms with van der Waals surface area (Å²) in [6, 6.07) is 5.88. The molecule has 1 aromatic carbocycles. The average molecular weight is 267 g/mol. The van der Waals surface area contributed by atoms with Crippen molar-refractivity contribution < 1.29 is 0 Å². The molecule has 1 N–H and O–H groups in total. The van der Waals surface area contributed by atoms with Crippen molar-refractivity contribution in [1.29, 1.82) is 0 Å². The summed E-state index contributed by atoms with van der Waals surface area (Å²) in [5.74, 6) is 0. The van der Waals surface area contributed by atoms with E-state index >= 15 is 0 Å². The number of hydrogen-bond acceptors (Lipinski definition) is 3. The average Bonchev–Trinajstić information content (AvgIpc) is 2.76. The fraction of sp³-hybridized carbons (Fsp3) is 0.308. The van der Waals surface area contributed by atoms with E-state index in [1.807, 2.05) is 24.4 Å². The molecule has 2 nitrogen and oxygen atoms in total. The van der Waals surface area contributed by atoms with Crippen LogP contribution in [-0.2, 0) is 13.0 Å².